The molecular weight excluding hydrogens is 316 g/mol. The molecule has 1 N–H and O–H groups in total. The van der Waals surface area contributed by atoms with Crippen LogP contribution in [0, 0.1) is 6.92 Å². The summed E-state index contributed by atoms with van der Waals surface area (Å²) in [5, 5.41) is 0. The number of anilines is 1. The van der Waals surface area contributed by atoms with Gasteiger partial charge in [-0.1, -0.05) is 18.2 Å². The van der Waals surface area contributed by atoms with Crippen LogP contribution < -0.4 is 4.72 Å². The molecule has 0 fully saturated rings. The number of pyridine rings is 1. The first-order valence-corrected chi connectivity index (χ1v) is 7.47. The third-order valence-electron chi connectivity index (χ3n) is 2.37. The Morgan fingerprint density at radius 3 is 2.56 bits per heavy atom. The van der Waals surface area contributed by atoms with Gasteiger partial charge < -0.3 is 0 Å². The van der Waals surface area contributed by atoms with Crippen LogP contribution in [0.1, 0.15) is 5.56 Å². The van der Waals surface area contributed by atoms with Crippen molar-refractivity contribution in [3.05, 3.63) is 52.6 Å². The number of sulfonamides is 1. The van der Waals surface area contributed by atoms with Crippen molar-refractivity contribution < 1.29 is 8.42 Å². The minimum absolute atomic E-state index is 0.252. The molecule has 0 bridgehead atoms. The Kier molecular flexibility index (Phi) is 3.68. The summed E-state index contributed by atoms with van der Waals surface area (Å²) in [5.74, 6) is 0.278. The highest BCUT2D eigenvalue weighted by Crippen LogP contribution is 2.23. The average molecular weight is 327 g/mol. The third-order valence-corrected chi connectivity index (χ3v) is 4.51. The van der Waals surface area contributed by atoms with E-state index < -0.39 is 10.0 Å². The maximum atomic E-state index is 12.2. The van der Waals surface area contributed by atoms with Crippen molar-refractivity contribution in [2.75, 3.05) is 4.72 Å². The van der Waals surface area contributed by atoms with Crippen LogP contribution in [0.3, 0.4) is 0 Å². The molecule has 0 saturated carbocycles. The first-order valence-electron chi connectivity index (χ1n) is 5.20. The summed E-state index contributed by atoms with van der Waals surface area (Å²) in [6.07, 6.45) is 1.53. The van der Waals surface area contributed by atoms with Crippen LogP contribution in [0.25, 0.3) is 0 Å². The summed E-state index contributed by atoms with van der Waals surface area (Å²) in [6.45, 7) is 1.75. The number of aromatic nitrogens is 1. The number of nitrogens with one attached hydrogen (secondary N) is 1. The summed E-state index contributed by atoms with van der Waals surface area (Å²) in [5.41, 5.74) is 0.692. The van der Waals surface area contributed by atoms with Gasteiger partial charge in [-0.2, -0.15) is 0 Å². The van der Waals surface area contributed by atoms with E-state index in [0.717, 1.165) is 0 Å². The van der Waals surface area contributed by atoms with Crippen molar-refractivity contribution in [2.24, 2.45) is 0 Å². The topological polar surface area (TPSA) is 59.1 Å². The van der Waals surface area contributed by atoms with E-state index in [9.17, 15) is 8.42 Å². The van der Waals surface area contributed by atoms with Crippen molar-refractivity contribution in [3.63, 3.8) is 0 Å². The second-order valence-electron chi connectivity index (χ2n) is 3.70. The first kappa shape index (κ1) is 13.0. The van der Waals surface area contributed by atoms with Gasteiger partial charge in [-0.3, -0.25) is 4.72 Å². The van der Waals surface area contributed by atoms with Gasteiger partial charge in [-0.15, -0.1) is 0 Å². The van der Waals surface area contributed by atoms with E-state index in [1.54, 1.807) is 43.3 Å². The van der Waals surface area contributed by atoms with E-state index in [1.165, 1.54) is 6.20 Å². The van der Waals surface area contributed by atoms with Crippen LogP contribution >= 0.6 is 15.9 Å². The molecule has 2 aromatic rings. The number of halogens is 1. The van der Waals surface area contributed by atoms with Crippen LogP contribution in [0.4, 0.5) is 5.82 Å². The van der Waals surface area contributed by atoms with Crippen LogP contribution in [0.15, 0.2) is 52.0 Å². The molecule has 18 heavy (non-hydrogen) atoms. The number of rotatable bonds is 3. The lowest BCUT2D eigenvalue weighted by Gasteiger charge is -2.10. The van der Waals surface area contributed by atoms with Gasteiger partial charge in [-0.25, -0.2) is 13.4 Å². The molecule has 4 nitrogen and oxygen atoms in total. The second kappa shape index (κ2) is 5.07. The average Bonchev–Trinajstić information content (AvgIpc) is 2.32. The molecule has 0 aliphatic rings. The molecule has 0 spiro atoms. The molecule has 0 aliphatic carbocycles. The number of benzene rings is 1. The van der Waals surface area contributed by atoms with Crippen molar-refractivity contribution in [1.29, 1.82) is 0 Å². The van der Waals surface area contributed by atoms with Crippen LogP contribution in [-0.2, 0) is 10.0 Å². The Labute approximate surface area is 114 Å². The van der Waals surface area contributed by atoms with Crippen molar-refractivity contribution in [3.8, 4) is 0 Å². The molecule has 1 aromatic carbocycles. The fourth-order valence-electron chi connectivity index (χ4n) is 1.50. The summed E-state index contributed by atoms with van der Waals surface area (Å²) in [7, 11) is -3.61. The molecule has 1 heterocycles. The Hall–Kier alpha value is -1.40. The number of hydrogen-bond donors (Lipinski definition) is 1. The van der Waals surface area contributed by atoms with Gasteiger partial charge in [0.1, 0.15) is 0 Å². The second-order valence-corrected chi connectivity index (χ2v) is 6.21. The van der Waals surface area contributed by atoms with Gasteiger partial charge in [0.15, 0.2) is 5.82 Å². The zero-order valence-electron chi connectivity index (χ0n) is 9.59. The van der Waals surface area contributed by atoms with E-state index in [4.69, 9.17) is 0 Å². The zero-order valence-corrected chi connectivity index (χ0v) is 12.0. The minimum atomic E-state index is -3.61. The van der Waals surface area contributed by atoms with E-state index in [-0.39, 0.29) is 10.7 Å². The van der Waals surface area contributed by atoms with E-state index >= 15 is 0 Å². The molecule has 0 saturated heterocycles. The van der Waals surface area contributed by atoms with E-state index in [0.29, 0.717) is 10.0 Å². The zero-order chi connectivity index (χ0) is 13.2. The smallest absolute Gasteiger partial charge is 0.262 e. The van der Waals surface area contributed by atoms with Gasteiger partial charge in [0.25, 0.3) is 10.0 Å². The third kappa shape index (κ3) is 2.70. The highest BCUT2D eigenvalue weighted by molar-refractivity contribution is 9.10. The van der Waals surface area contributed by atoms with E-state index in [2.05, 4.69) is 25.6 Å². The molecule has 94 valence electrons. The molecule has 1 aromatic heterocycles. The van der Waals surface area contributed by atoms with Gasteiger partial charge in [0.2, 0.25) is 0 Å². The Morgan fingerprint density at radius 1 is 1.17 bits per heavy atom. The molecule has 0 atom stereocenters. The SMILES string of the molecule is Cc1ccccc1S(=O)(=O)Nc1ncccc1Br. The Balaban J connectivity index is 2.40. The van der Waals surface area contributed by atoms with Crippen molar-refractivity contribution in [1.82, 2.24) is 4.98 Å². The monoisotopic (exact) mass is 326 g/mol. The number of aryl methyl sites for hydroxylation is 1. The fourth-order valence-corrected chi connectivity index (χ4v) is 3.26. The molecular formula is C12H11BrN2O2S. The predicted molar refractivity (Wildman–Crippen MR) is 73.9 cm³/mol. The summed E-state index contributed by atoms with van der Waals surface area (Å²) in [4.78, 5) is 4.23. The molecule has 0 unspecified atom stereocenters. The Morgan fingerprint density at radius 2 is 1.89 bits per heavy atom. The van der Waals surface area contributed by atoms with Gasteiger partial charge in [0, 0.05) is 6.20 Å². The lowest BCUT2D eigenvalue weighted by atomic mass is 10.2. The summed E-state index contributed by atoms with van der Waals surface area (Å²) < 4.78 is 27.5. The quantitative estimate of drug-likeness (QED) is 0.943. The number of hydrogen-bond acceptors (Lipinski definition) is 3. The summed E-state index contributed by atoms with van der Waals surface area (Å²) in [6, 6.07) is 10.2. The summed E-state index contributed by atoms with van der Waals surface area (Å²) >= 11 is 3.25. The van der Waals surface area contributed by atoms with E-state index in [1.807, 2.05) is 0 Å². The number of nitrogens with zero attached hydrogens (tertiary/aromatic N) is 1. The molecule has 6 heteroatoms. The molecule has 2 rings (SSSR count). The maximum Gasteiger partial charge on any atom is 0.263 e. The highest BCUT2D eigenvalue weighted by atomic mass is 79.9. The van der Waals surface area contributed by atoms with Crippen molar-refractivity contribution >= 4 is 31.8 Å². The molecule has 0 amide bonds. The first-order chi connectivity index (χ1) is 8.50. The van der Waals surface area contributed by atoms with Crippen LogP contribution in [0.2, 0.25) is 0 Å². The lowest BCUT2D eigenvalue weighted by Crippen LogP contribution is -2.15. The van der Waals surface area contributed by atoms with Gasteiger partial charge in [-0.05, 0) is 46.6 Å². The maximum absolute atomic E-state index is 12.2. The fraction of sp³-hybridized carbons (Fsp3) is 0.0833. The van der Waals surface area contributed by atoms with Crippen LogP contribution in [-0.4, -0.2) is 13.4 Å². The lowest BCUT2D eigenvalue weighted by molar-refractivity contribution is 0.600. The molecule has 0 radical (unpaired) electrons. The normalized spacial score (nSPS) is 11.2. The Bertz CT molecular complexity index is 671. The highest BCUT2D eigenvalue weighted by Gasteiger charge is 2.17. The minimum Gasteiger partial charge on any atom is -0.262 e. The van der Waals surface area contributed by atoms with Gasteiger partial charge >= 0.3 is 0 Å². The van der Waals surface area contributed by atoms with Crippen molar-refractivity contribution in [2.45, 2.75) is 11.8 Å². The largest absolute Gasteiger partial charge is 0.263 e. The van der Waals surface area contributed by atoms with Crippen LogP contribution in [0.5, 0.6) is 0 Å². The van der Waals surface area contributed by atoms with Gasteiger partial charge in [0.05, 0.1) is 9.37 Å². The predicted octanol–water partition coefficient (Wildman–Crippen LogP) is 2.95. The standard InChI is InChI=1S/C12H11BrN2O2S/c1-9-5-2-3-7-11(9)18(16,17)15-12-10(13)6-4-8-14-12/h2-8H,1H3,(H,14,15). The molecule has 0 aliphatic heterocycles.